The summed E-state index contributed by atoms with van der Waals surface area (Å²) < 4.78 is 1.67. The SMILES string of the molecule is O=C(NCc1cccc(O)c1)c1cc(Br)cc(Br)c1. The summed E-state index contributed by atoms with van der Waals surface area (Å²) in [7, 11) is 0. The fourth-order valence-electron chi connectivity index (χ4n) is 1.64. The Morgan fingerprint density at radius 1 is 1.11 bits per heavy atom. The minimum atomic E-state index is -0.162. The van der Waals surface area contributed by atoms with Crippen molar-refractivity contribution in [3.63, 3.8) is 0 Å². The number of amides is 1. The van der Waals surface area contributed by atoms with Crippen LogP contribution in [0.3, 0.4) is 0 Å². The van der Waals surface area contributed by atoms with Crippen LogP contribution in [0, 0.1) is 0 Å². The second-order valence-electron chi connectivity index (χ2n) is 4.01. The molecule has 0 radical (unpaired) electrons. The van der Waals surface area contributed by atoms with Gasteiger partial charge >= 0.3 is 0 Å². The number of phenolic OH excluding ortho intramolecular Hbond substituents is 1. The van der Waals surface area contributed by atoms with Crippen molar-refractivity contribution in [3.05, 3.63) is 62.5 Å². The Kier molecular flexibility index (Phi) is 4.61. The molecule has 2 rings (SSSR count). The van der Waals surface area contributed by atoms with Gasteiger partial charge in [-0.1, -0.05) is 44.0 Å². The van der Waals surface area contributed by atoms with E-state index in [1.165, 1.54) is 0 Å². The Bertz CT molecular complexity index is 594. The Balaban J connectivity index is 2.05. The summed E-state index contributed by atoms with van der Waals surface area (Å²) in [6.07, 6.45) is 0. The van der Waals surface area contributed by atoms with Crippen LogP contribution < -0.4 is 5.32 Å². The van der Waals surface area contributed by atoms with Crippen molar-refractivity contribution < 1.29 is 9.90 Å². The fraction of sp³-hybridized carbons (Fsp3) is 0.0714. The average molecular weight is 385 g/mol. The summed E-state index contributed by atoms with van der Waals surface area (Å²) in [6, 6.07) is 12.2. The largest absolute Gasteiger partial charge is 0.508 e. The van der Waals surface area contributed by atoms with Gasteiger partial charge in [0.1, 0.15) is 5.75 Å². The zero-order valence-electron chi connectivity index (χ0n) is 9.86. The van der Waals surface area contributed by atoms with Gasteiger partial charge < -0.3 is 10.4 Å². The Morgan fingerprint density at radius 2 is 1.79 bits per heavy atom. The fourth-order valence-corrected chi connectivity index (χ4v) is 2.93. The van der Waals surface area contributed by atoms with Gasteiger partial charge in [0.2, 0.25) is 0 Å². The van der Waals surface area contributed by atoms with Crippen LogP contribution in [-0.2, 0) is 6.54 Å². The van der Waals surface area contributed by atoms with Crippen LogP contribution in [0.2, 0.25) is 0 Å². The maximum atomic E-state index is 12.0. The van der Waals surface area contributed by atoms with Crippen LogP contribution in [0.25, 0.3) is 0 Å². The second-order valence-corrected chi connectivity index (χ2v) is 5.84. The molecule has 0 fully saturated rings. The van der Waals surface area contributed by atoms with E-state index in [0.29, 0.717) is 12.1 Å². The molecular formula is C14H11Br2NO2. The van der Waals surface area contributed by atoms with E-state index < -0.39 is 0 Å². The third kappa shape index (κ3) is 4.08. The number of benzene rings is 2. The number of carbonyl (C=O) groups is 1. The van der Waals surface area contributed by atoms with E-state index in [1.54, 1.807) is 30.3 Å². The predicted molar refractivity (Wildman–Crippen MR) is 81.1 cm³/mol. The van der Waals surface area contributed by atoms with E-state index in [2.05, 4.69) is 37.2 Å². The molecule has 0 unspecified atom stereocenters. The molecule has 0 saturated carbocycles. The molecule has 0 bridgehead atoms. The lowest BCUT2D eigenvalue weighted by Gasteiger charge is -2.07. The Labute approximate surface area is 127 Å². The van der Waals surface area contributed by atoms with Crippen molar-refractivity contribution in [2.45, 2.75) is 6.54 Å². The predicted octanol–water partition coefficient (Wildman–Crippen LogP) is 3.85. The number of carbonyl (C=O) groups excluding carboxylic acids is 1. The summed E-state index contributed by atoms with van der Waals surface area (Å²) in [5.74, 6) is 0.0299. The zero-order chi connectivity index (χ0) is 13.8. The molecule has 19 heavy (non-hydrogen) atoms. The van der Waals surface area contributed by atoms with Crippen molar-refractivity contribution in [1.29, 1.82) is 0 Å². The lowest BCUT2D eigenvalue weighted by Crippen LogP contribution is -2.22. The van der Waals surface area contributed by atoms with Gasteiger partial charge in [-0.2, -0.15) is 0 Å². The number of halogens is 2. The van der Waals surface area contributed by atoms with Gasteiger partial charge in [-0.05, 0) is 35.9 Å². The summed E-state index contributed by atoms with van der Waals surface area (Å²) in [5, 5.41) is 12.1. The van der Waals surface area contributed by atoms with Crippen molar-refractivity contribution in [1.82, 2.24) is 5.32 Å². The third-order valence-corrected chi connectivity index (χ3v) is 3.40. The van der Waals surface area contributed by atoms with Crippen molar-refractivity contribution in [2.75, 3.05) is 0 Å². The highest BCUT2D eigenvalue weighted by Gasteiger charge is 2.07. The molecule has 98 valence electrons. The molecule has 2 aromatic rings. The normalized spacial score (nSPS) is 10.2. The number of hydrogen-bond acceptors (Lipinski definition) is 2. The molecular weight excluding hydrogens is 374 g/mol. The van der Waals surface area contributed by atoms with Crippen molar-refractivity contribution >= 4 is 37.8 Å². The first-order valence-corrected chi connectivity index (χ1v) is 7.15. The number of rotatable bonds is 3. The monoisotopic (exact) mass is 383 g/mol. The number of hydrogen-bond donors (Lipinski definition) is 2. The molecule has 0 spiro atoms. The zero-order valence-corrected chi connectivity index (χ0v) is 13.0. The van der Waals surface area contributed by atoms with Crippen LogP contribution in [0.15, 0.2) is 51.4 Å². The van der Waals surface area contributed by atoms with Gasteiger partial charge in [0.05, 0.1) is 0 Å². The number of nitrogens with one attached hydrogen (secondary N) is 1. The highest BCUT2D eigenvalue weighted by Crippen LogP contribution is 2.20. The molecule has 0 heterocycles. The standard InChI is InChI=1S/C14H11Br2NO2/c15-11-5-10(6-12(16)7-11)14(19)17-8-9-2-1-3-13(18)4-9/h1-7,18H,8H2,(H,17,19). The van der Waals surface area contributed by atoms with Crippen LogP contribution in [0.1, 0.15) is 15.9 Å². The molecule has 5 heteroatoms. The average Bonchev–Trinajstić information content (AvgIpc) is 2.35. The Morgan fingerprint density at radius 3 is 2.42 bits per heavy atom. The molecule has 0 atom stereocenters. The summed E-state index contributed by atoms with van der Waals surface area (Å²) >= 11 is 6.69. The first-order valence-electron chi connectivity index (χ1n) is 5.57. The van der Waals surface area contributed by atoms with E-state index >= 15 is 0 Å². The highest BCUT2D eigenvalue weighted by molar-refractivity contribution is 9.11. The van der Waals surface area contributed by atoms with Gasteiger partial charge in [-0.3, -0.25) is 4.79 Å². The molecule has 0 saturated heterocycles. The lowest BCUT2D eigenvalue weighted by atomic mass is 10.2. The van der Waals surface area contributed by atoms with Gasteiger partial charge in [-0.15, -0.1) is 0 Å². The summed E-state index contributed by atoms with van der Waals surface area (Å²) in [6.45, 7) is 0.372. The minimum Gasteiger partial charge on any atom is -0.508 e. The van der Waals surface area contributed by atoms with E-state index in [9.17, 15) is 9.90 Å². The number of phenols is 1. The third-order valence-electron chi connectivity index (χ3n) is 2.49. The van der Waals surface area contributed by atoms with Gasteiger partial charge in [0, 0.05) is 21.1 Å². The van der Waals surface area contributed by atoms with E-state index in [1.807, 2.05) is 12.1 Å². The van der Waals surface area contributed by atoms with Crippen LogP contribution >= 0.6 is 31.9 Å². The quantitative estimate of drug-likeness (QED) is 0.844. The van der Waals surface area contributed by atoms with Crippen molar-refractivity contribution in [3.8, 4) is 5.75 Å². The summed E-state index contributed by atoms with van der Waals surface area (Å²) in [4.78, 5) is 12.0. The lowest BCUT2D eigenvalue weighted by molar-refractivity contribution is 0.0950. The second kappa shape index (κ2) is 6.21. The van der Waals surface area contributed by atoms with Crippen LogP contribution in [0.4, 0.5) is 0 Å². The van der Waals surface area contributed by atoms with Gasteiger partial charge in [0.15, 0.2) is 0 Å². The Hall–Kier alpha value is -1.33. The first-order chi connectivity index (χ1) is 9.04. The molecule has 0 aliphatic rings. The van der Waals surface area contributed by atoms with Crippen LogP contribution in [0.5, 0.6) is 5.75 Å². The highest BCUT2D eigenvalue weighted by atomic mass is 79.9. The molecule has 2 N–H and O–H groups in total. The summed E-state index contributed by atoms with van der Waals surface area (Å²) in [5.41, 5.74) is 1.42. The smallest absolute Gasteiger partial charge is 0.251 e. The molecule has 3 nitrogen and oxygen atoms in total. The molecule has 0 aromatic heterocycles. The molecule has 0 aliphatic carbocycles. The van der Waals surface area contributed by atoms with E-state index in [-0.39, 0.29) is 11.7 Å². The van der Waals surface area contributed by atoms with E-state index in [4.69, 9.17) is 0 Å². The minimum absolute atomic E-state index is 0.162. The van der Waals surface area contributed by atoms with E-state index in [0.717, 1.165) is 14.5 Å². The molecule has 0 aliphatic heterocycles. The van der Waals surface area contributed by atoms with Gasteiger partial charge in [0.25, 0.3) is 5.91 Å². The first kappa shape index (κ1) is 14.1. The molecule has 1 amide bonds. The van der Waals surface area contributed by atoms with Gasteiger partial charge in [-0.25, -0.2) is 0 Å². The van der Waals surface area contributed by atoms with Crippen molar-refractivity contribution in [2.24, 2.45) is 0 Å². The maximum Gasteiger partial charge on any atom is 0.251 e. The maximum absolute atomic E-state index is 12.0. The molecule has 2 aromatic carbocycles. The van der Waals surface area contributed by atoms with Crippen LogP contribution in [-0.4, -0.2) is 11.0 Å². The topological polar surface area (TPSA) is 49.3 Å². The number of aromatic hydroxyl groups is 1.